The van der Waals surface area contributed by atoms with E-state index in [-0.39, 0.29) is 51.6 Å². The number of aromatic nitrogens is 1. The zero-order valence-corrected chi connectivity index (χ0v) is 25.2. The summed E-state index contributed by atoms with van der Waals surface area (Å²) in [6, 6.07) is 11.9. The van der Waals surface area contributed by atoms with Crippen molar-refractivity contribution in [2.45, 2.75) is 33.8 Å². The third-order valence-electron chi connectivity index (χ3n) is 6.54. The first-order chi connectivity index (χ1) is 19.0. The molecule has 11 nitrogen and oxygen atoms in total. The summed E-state index contributed by atoms with van der Waals surface area (Å²) in [5.41, 5.74) is -2.54. The first-order valence-electron chi connectivity index (χ1n) is 12.0. The average Bonchev–Trinajstić information content (AvgIpc) is 3.25. The molecular weight excluding hydrogens is 642 g/mol. The third kappa shape index (κ3) is 7.15. The van der Waals surface area contributed by atoms with E-state index in [1.165, 1.54) is 36.4 Å². The Hall–Kier alpha value is -1.99. The fraction of sp³-hybridized carbons (Fsp3) is 0.375. The summed E-state index contributed by atoms with van der Waals surface area (Å²) in [5, 5.41) is 10.5. The van der Waals surface area contributed by atoms with Crippen molar-refractivity contribution in [3.05, 3.63) is 66.1 Å². The molecule has 224 valence electrons. The van der Waals surface area contributed by atoms with E-state index >= 15 is 0 Å². The summed E-state index contributed by atoms with van der Waals surface area (Å²) >= 11 is 1.66. The maximum Gasteiger partial charge on any atom is 0.268 e. The van der Waals surface area contributed by atoms with Crippen LogP contribution in [0.25, 0.3) is 10.9 Å². The molecular formula is C24H26FNO10S5. The summed E-state index contributed by atoms with van der Waals surface area (Å²) in [4.78, 5) is 12.6. The molecule has 17 heteroatoms. The Morgan fingerprint density at radius 1 is 0.854 bits per heavy atom. The van der Waals surface area contributed by atoms with E-state index in [1.54, 1.807) is 6.07 Å². The van der Waals surface area contributed by atoms with Crippen LogP contribution < -0.4 is 0 Å². The largest absolute Gasteiger partial charge is 0.381 e. The number of ketones is 1. The Labute approximate surface area is 245 Å². The highest BCUT2D eigenvalue weighted by atomic mass is 32.2. The van der Waals surface area contributed by atoms with Gasteiger partial charge in [-0.25, -0.2) is 16.8 Å². The molecule has 3 N–H and O–H groups in total. The predicted molar refractivity (Wildman–Crippen MR) is 154 cm³/mol. The zero-order chi connectivity index (χ0) is 30.2. The highest BCUT2D eigenvalue weighted by Crippen LogP contribution is 2.49. The lowest BCUT2D eigenvalue weighted by Crippen LogP contribution is -2.53. The summed E-state index contributed by atoms with van der Waals surface area (Å²) in [6.45, 7) is 0. The number of hydrogen-bond acceptors (Lipinski definition) is 10. The lowest BCUT2D eigenvalue weighted by Gasteiger charge is -2.45. The van der Waals surface area contributed by atoms with Gasteiger partial charge in [-0.3, -0.25) is 13.9 Å². The number of hydrogen-bond donors (Lipinski definition) is 3. The molecule has 1 aromatic heterocycles. The van der Waals surface area contributed by atoms with Crippen LogP contribution in [0.1, 0.15) is 18.5 Å². The van der Waals surface area contributed by atoms with Gasteiger partial charge in [-0.15, -0.1) is 0 Å². The first kappa shape index (κ1) is 31.9. The molecule has 1 fully saturated rings. The van der Waals surface area contributed by atoms with Crippen LogP contribution in [-0.4, -0.2) is 82.7 Å². The summed E-state index contributed by atoms with van der Waals surface area (Å²) in [5.74, 6) is -3.06. The summed E-state index contributed by atoms with van der Waals surface area (Å²) in [6.07, 6.45) is -0.605. The summed E-state index contributed by atoms with van der Waals surface area (Å²) in [7, 11) is -13.3. The molecule has 41 heavy (non-hydrogen) atoms. The number of thioether (sulfide) groups is 2. The van der Waals surface area contributed by atoms with Crippen molar-refractivity contribution < 1.29 is 48.7 Å². The van der Waals surface area contributed by atoms with E-state index < -0.39 is 63.7 Å². The molecule has 1 saturated carbocycles. The van der Waals surface area contributed by atoms with Gasteiger partial charge >= 0.3 is 0 Å². The second-order valence-corrected chi connectivity index (χ2v) is 16.9. The monoisotopic (exact) mass is 667 g/mol. The molecule has 2 atom stereocenters. The van der Waals surface area contributed by atoms with E-state index in [4.69, 9.17) is 0 Å². The van der Waals surface area contributed by atoms with Crippen LogP contribution in [0.2, 0.25) is 0 Å². The smallest absolute Gasteiger partial charge is 0.268 e. The van der Waals surface area contributed by atoms with Gasteiger partial charge in [-0.1, -0.05) is 18.2 Å². The SMILES string of the molecule is O=C1CC(SCCS(=O)(=O)O)C(O)(c2cc3ccc(F)cc3n2S(=O)(=O)c2ccccc2)C(SCCS(=O)(=O)O)C1. The molecule has 1 heterocycles. The maximum atomic E-state index is 14.4. The molecule has 4 rings (SSSR count). The number of carbonyl (C=O) groups excluding carboxylic acids is 1. The van der Waals surface area contributed by atoms with Gasteiger partial charge in [0.25, 0.3) is 30.3 Å². The second kappa shape index (κ2) is 11.9. The lowest BCUT2D eigenvalue weighted by atomic mass is 9.80. The molecule has 2 aromatic carbocycles. The predicted octanol–water partition coefficient (Wildman–Crippen LogP) is 2.55. The fourth-order valence-electron chi connectivity index (χ4n) is 4.69. The zero-order valence-electron chi connectivity index (χ0n) is 21.2. The molecule has 2 unspecified atom stereocenters. The molecule has 0 spiro atoms. The van der Waals surface area contributed by atoms with Gasteiger partial charge in [0.2, 0.25) is 0 Å². The molecule has 1 aliphatic carbocycles. The number of Topliss-reactive ketones (excluding diaryl/α,β-unsaturated/α-hetero) is 1. The Morgan fingerprint density at radius 3 is 1.90 bits per heavy atom. The normalized spacial score (nSPS) is 22.3. The van der Waals surface area contributed by atoms with Gasteiger partial charge in [-0.05, 0) is 36.4 Å². The highest BCUT2D eigenvalue weighted by Gasteiger charge is 2.53. The fourth-order valence-corrected chi connectivity index (χ4v) is 11.1. The Balaban J connectivity index is 1.95. The number of benzene rings is 2. The van der Waals surface area contributed by atoms with Crippen molar-refractivity contribution in [1.29, 1.82) is 0 Å². The minimum absolute atomic E-state index is 0.0995. The number of aliphatic hydroxyl groups is 1. The van der Waals surface area contributed by atoms with E-state index in [0.29, 0.717) is 0 Å². The van der Waals surface area contributed by atoms with Crippen LogP contribution in [0.3, 0.4) is 0 Å². The first-order valence-corrected chi connectivity index (χ1v) is 18.8. The number of nitrogens with zero attached hydrogens (tertiary/aromatic N) is 1. The van der Waals surface area contributed by atoms with Gasteiger partial charge in [-0.2, -0.15) is 40.4 Å². The lowest BCUT2D eigenvalue weighted by molar-refractivity contribution is -0.124. The minimum Gasteiger partial charge on any atom is -0.381 e. The standard InChI is InChI=1S/C24H26FNO10S5/c25-17-7-6-16-12-21(26(20(16)13-17)41(35,36)19-4-2-1-3-5-19)24(28)22(37-8-10-39(29,30)31)14-18(27)15-23(24)38-9-11-40(32,33)34/h1-7,12-13,22-23,28H,8-11,14-15H2,(H,29,30,31)(H,32,33,34). The molecule has 0 bridgehead atoms. The Morgan fingerprint density at radius 2 is 1.39 bits per heavy atom. The van der Waals surface area contributed by atoms with E-state index in [2.05, 4.69) is 0 Å². The van der Waals surface area contributed by atoms with Crippen LogP contribution >= 0.6 is 23.5 Å². The van der Waals surface area contributed by atoms with E-state index in [0.717, 1.165) is 39.6 Å². The van der Waals surface area contributed by atoms with Crippen molar-refractivity contribution in [3.8, 4) is 0 Å². The van der Waals surface area contributed by atoms with Crippen molar-refractivity contribution in [3.63, 3.8) is 0 Å². The van der Waals surface area contributed by atoms with Gasteiger partial charge in [0.1, 0.15) is 17.2 Å². The third-order valence-corrected chi connectivity index (χ3v) is 13.0. The highest BCUT2D eigenvalue weighted by molar-refractivity contribution is 8.02. The molecule has 0 saturated heterocycles. The molecule has 3 aromatic rings. The number of fused-ring (bicyclic) bond motifs is 1. The molecule has 0 aliphatic heterocycles. The topological polar surface area (TPSA) is 185 Å². The number of rotatable bonds is 11. The van der Waals surface area contributed by atoms with Crippen LogP contribution in [0.15, 0.2) is 59.5 Å². The number of halogens is 1. The Kier molecular flexibility index (Phi) is 9.31. The van der Waals surface area contributed by atoms with Crippen molar-refractivity contribution in [2.24, 2.45) is 0 Å². The van der Waals surface area contributed by atoms with E-state index in [1.807, 2.05) is 0 Å². The average molecular weight is 668 g/mol. The van der Waals surface area contributed by atoms with Crippen molar-refractivity contribution >= 4 is 70.5 Å². The minimum atomic E-state index is -4.49. The van der Waals surface area contributed by atoms with E-state index in [9.17, 15) is 48.7 Å². The second-order valence-electron chi connectivity index (χ2n) is 9.38. The Bertz CT molecular complexity index is 1720. The summed E-state index contributed by atoms with van der Waals surface area (Å²) < 4.78 is 107. The maximum absolute atomic E-state index is 14.4. The molecule has 0 amide bonds. The van der Waals surface area contributed by atoms with Crippen LogP contribution in [0, 0.1) is 5.82 Å². The number of carbonyl (C=O) groups is 1. The van der Waals surface area contributed by atoms with Crippen molar-refractivity contribution in [1.82, 2.24) is 3.97 Å². The van der Waals surface area contributed by atoms with Gasteiger partial charge < -0.3 is 5.11 Å². The van der Waals surface area contributed by atoms with Crippen molar-refractivity contribution in [2.75, 3.05) is 23.0 Å². The van der Waals surface area contributed by atoms with Gasteiger partial charge in [0.05, 0.1) is 27.6 Å². The van der Waals surface area contributed by atoms with Crippen LogP contribution in [0.4, 0.5) is 4.39 Å². The van der Waals surface area contributed by atoms with Crippen LogP contribution in [0.5, 0.6) is 0 Å². The quantitative estimate of drug-likeness (QED) is 0.254. The van der Waals surface area contributed by atoms with Crippen LogP contribution in [-0.2, 0) is 40.7 Å². The van der Waals surface area contributed by atoms with Gasteiger partial charge in [0.15, 0.2) is 0 Å². The molecule has 1 aliphatic rings. The molecule has 0 radical (unpaired) electrons. The van der Waals surface area contributed by atoms with Gasteiger partial charge in [0, 0.05) is 40.2 Å².